The number of aromatic nitrogens is 4. The van der Waals surface area contributed by atoms with Crippen LogP contribution in [0.2, 0.25) is 0 Å². The third-order valence-electron chi connectivity index (χ3n) is 4.62. The highest BCUT2D eigenvalue weighted by molar-refractivity contribution is 7.98. The molecule has 0 aliphatic heterocycles. The number of rotatable bonds is 5. The van der Waals surface area contributed by atoms with E-state index < -0.39 is 0 Å². The van der Waals surface area contributed by atoms with Crippen molar-refractivity contribution in [2.24, 2.45) is 0 Å². The van der Waals surface area contributed by atoms with Crippen molar-refractivity contribution in [2.45, 2.75) is 29.8 Å². The zero-order valence-electron chi connectivity index (χ0n) is 13.7. The van der Waals surface area contributed by atoms with Gasteiger partial charge in [-0.2, -0.15) is 0 Å². The van der Waals surface area contributed by atoms with Gasteiger partial charge in [-0.25, -0.2) is 0 Å². The Morgan fingerprint density at radius 1 is 1.00 bits per heavy atom. The van der Waals surface area contributed by atoms with E-state index in [0.29, 0.717) is 6.04 Å². The lowest BCUT2D eigenvalue weighted by Crippen LogP contribution is -1.99. The van der Waals surface area contributed by atoms with Gasteiger partial charge in [0, 0.05) is 34.5 Å². The molecule has 0 unspecified atom stereocenters. The van der Waals surface area contributed by atoms with Crippen molar-refractivity contribution in [1.82, 2.24) is 19.7 Å². The van der Waals surface area contributed by atoms with E-state index >= 15 is 0 Å². The lowest BCUT2D eigenvalue weighted by atomic mass is 10.1. The van der Waals surface area contributed by atoms with Crippen molar-refractivity contribution in [3.63, 3.8) is 0 Å². The van der Waals surface area contributed by atoms with Crippen LogP contribution in [-0.4, -0.2) is 19.7 Å². The van der Waals surface area contributed by atoms with Gasteiger partial charge >= 0.3 is 0 Å². The van der Waals surface area contributed by atoms with Gasteiger partial charge < -0.3 is 4.98 Å². The van der Waals surface area contributed by atoms with E-state index in [2.05, 4.69) is 80.5 Å². The maximum absolute atomic E-state index is 4.55. The first-order valence-corrected chi connectivity index (χ1v) is 9.57. The molecule has 5 rings (SSSR count). The van der Waals surface area contributed by atoms with E-state index in [1.54, 1.807) is 11.8 Å². The fourth-order valence-corrected chi connectivity index (χ4v) is 4.16. The molecule has 1 fully saturated rings. The van der Waals surface area contributed by atoms with Gasteiger partial charge in [0.25, 0.3) is 0 Å². The van der Waals surface area contributed by atoms with Crippen LogP contribution in [0.5, 0.6) is 0 Å². The molecule has 5 heteroatoms. The van der Waals surface area contributed by atoms with Crippen molar-refractivity contribution in [2.75, 3.05) is 0 Å². The lowest BCUT2D eigenvalue weighted by molar-refractivity contribution is 0.669. The summed E-state index contributed by atoms with van der Waals surface area (Å²) in [7, 11) is 0. The van der Waals surface area contributed by atoms with E-state index in [1.807, 2.05) is 0 Å². The molecule has 124 valence electrons. The average Bonchev–Trinajstić information content (AvgIpc) is 3.27. The van der Waals surface area contributed by atoms with Crippen LogP contribution in [0.15, 0.2) is 66.0 Å². The minimum Gasteiger partial charge on any atom is -0.360 e. The molecule has 2 aromatic heterocycles. The summed E-state index contributed by atoms with van der Waals surface area (Å²) in [6.07, 6.45) is 4.48. The number of aromatic amines is 1. The topological polar surface area (TPSA) is 46.5 Å². The number of para-hydroxylation sites is 1. The van der Waals surface area contributed by atoms with Crippen LogP contribution in [0.25, 0.3) is 22.3 Å². The lowest BCUT2D eigenvalue weighted by Gasteiger charge is -2.08. The summed E-state index contributed by atoms with van der Waals surface area (Å²) >= 11 is 1.77. The second-order valence-electron chi connectivity index (χ2n) is 6.43. The van der Waals surface area contributed by atoms with Gasteiger partial charge in [-0.3, -0.25) is 4.57 Å². The minimum absolute atomic E-state index is 0.539. The van der Waals surface area contributed by atoms with Gasteiger partial charge in [0.05, 0.1) is 0 Å². The Balaban J connectivity index is 1.52. The highest BCUT2D eigenvalue weighted by atomic mass is 32.2. The molecule has 25 heavy (non-hydrogen) atoms. The number of thioether (sulfide) groups is 1. The molecule has 0 radical (unpaired) electrons. The van der Waals surface area contributed by atoms with Crippen LogP contribution >= 0.6 is 11.8 Å². The minimum atomic E-state index is 0.539. The summed E-state index contributed by atoms with van der Waals surface area (Å²) in [6.45, 7) is 0. The van der Waals surface area contributed by atoms with Gasteiger partial charge in [-0.05, 0) is 24.5 Å². The quantitative estimate of drug-likeness (QED) is 0.514. The molecular formula is C20H18N4S. The number of nitrogens with one attached hydrogen (secondary N) is 1. The first kappa shape index (κ1) is 14.8. The summed E-state index contributed by atoms with van der Waals surface area (Å²) in [5.74, 6) is 1.90. The van der Waals surface area contributed by atoms with Gasteiger partial charge in [0.15, 0.2) is 11.0 Å². The summed E-state index contributed by atoms with van der Waals surface area (Å²) in [4.78, 5) is 3.35. The van der Waals surface area contributed by atoms with E-state index in [-0.39, 0.29) is 0 Å². The van der Waals surface area contributed by atoms with Crippen LogP contribution < -0.4 is 0 Å². The highest BCUT2D eigenvalue weighted by Gasteiger charge is 2.30. The standard InChI is InChI=1S/C20H18N4S/c1-2-6-14(7-3-1)13-25-20-23-22-19(24(20)15-10-11-15)17-12-21-18-9-5-4-8-16(17)18/h1-9,12,15,21H,10-11,13H2. The van der Waals surface area contributed by atoms with Gasteiger partial charge in [-0.1, -0.05) is 60.3 Å². The molecule has 1 N–H and O–H groups in total. The number of fused-ring (bicyclic) bond motifs is 1. The van der Waals surface area contributed by atoms with Crippen LogP contribution in [-0.2, 0) is 5.75 Å². The molecular weight excluding hydrogens is 328 g/mol. The molecule has 0 spiro atoms. The van der Waals surface area contributed by atoms with Crippen molar-refractivity contribution < 1.29 is 0 Å². The molecule has 4 nitrogen and oxygen atoms in total. The van der Waals surface area contributed by atoms with E-state index in [9.17, 15) is 0 Å². The zero-order chi connectivity index (χ0) is 16.6. The molecule has 0 atom stereocenters. The summed E-state index contributed by atoms with van der Waals surface area (Å²) in [6, 6.07) is 19.4. The summed E-state index contributed by atoms with van der Waals surface area (Å²) < 4.78 is 2.34. The molecule has 0 amide bonds. The summed E-state index contributed by atoms with van der Waals surface area (Å²) in [5, 5.41) is 11.3. The largest absolute Gasteiger partial charge is 0.360 e. The Labute approximate surface area is 150 Å². The second kappa shape index (κ2) is 6.08. The third kappa shape index (κ3) is 2.74. The number of hydrogen-bond acceptors (Lipinski definition) is 3. The Hall–Kier alpha value is -2.53. The molecule has 2 heterocycles. The monoisotopic (exact) mass is 346 g/mol. The van der Waals surface area contributed by atoms with Crippen molar-refractivity contribution in [3.8, 4) is 11.4 Å². The maximum Gasteiger partial charge on any atom is 0.192 e. The molecule has 1 aliphatic rings. The molecule has 2 aromatic carbocycles. The SMILES string of the molecule is c1ccc(CSc2nnc(-c3c[nH]c4ccccc34)n2C2CC2)cc1. The Morgan fingerprint density at radius 2 is 1.80 bits per heavy atom. The summed E-state index contributed by atoms with van der Waals surface area (Å²) in [5.41, 5.74) is 3.59. The number of H-pyrrole nitrogens is 1. The highest BCUT2D eigenvalue weighted by Crippen LogP contribution is 2.42. The molecule has 1 aliphatic carbocycles. The Morgan fingerprint density at radius 3 is 2.64 bits per heavy atom. The van der Waals surface area contributed by atoms with Crippen molar-refractivity contribution >= 4 is 22.7 Å². The predicted molar refractivity (Wildman–Crippen MR) is 102 cm³/mol. The van der Waals surface area contributed by atoms with E-state index in [4.69, 9.17) is 0 Å². The van der Waals surface area contributed by atoms with Crippen LogP contribution in [0.4, 0.5) is 0 Å². The first-order chi connectivity index (χ1) is 12.4. The Kier molecular flexibility index (Phi) is 3.59. The molecule has 0 bridgehead atoms. The Bertz CT molecular complexity index is 1010. The molecule has 1 saturated carbocycles. The van der Waals surface area contributed by atoms with Gasteiger partial charge in [0.2, 0.25) is 0 Å². The average molecular weight is 346 g/mol. The second-order valence-corrected chi connectivity index (χ2v) is 7.37. The number of nitrogens with zero attached hydrogens (tertiary/aromatic N) is 3. The van der Waals surface area contributed by atoms with Crippen molar-refractivity contribution in [3.05, 3.63) is 66.4 Å². The smallest absolute Gasteiger partial charge is 0.192 e. The zero-order valence-corrected chi connectivity index (χ0v) is 14.5. The van der Waals surface area contributed by atoms with Crippen LogP contribution in [0, 0.1) is 0 Å². The van der Waals surface area contributed by atoms with E-state index in [1.165, 1.54) is 23.8 Å². The molecule has 4 aromatic rings. The number of hydrogen-bond donors (Lipinski definition) is 1. The fourth-order valence-electron chi connectivity index (χ4n) is 3.20. The van der Waals surface area contributed by atoms with Gasteiger partial charge in [-0.15, -0.1) is 10.2 Å². The van der Waals surface area contributed by atoms with Crippen LogP contribution in [0.3, 0.4) is 0 Å². The van der Waals surface area contributed by atoms with E-state index in [0.717, 1.165) is 27.8 Å². The third-order valence-corrected chi connectivity index (χ3v) is 5.63. The maximum atomic E-state index is 4.55. The van der Waals surface area contributed by atoms with Crippen LogP contribution in [0.1, 0.15) is 24.4 Å². The predicted octanol–water partition coefficient (Wildman–Crippen LogP) is 5.05. The first-order valence-electron chi connectivity index (χ1n) is 8.58. The fraction of sp³-hybridized carbons (Fsp3) is 0.200. The van der Waals surface area contributed by atoms with Crippen molar-refractivity contribution in [1.29, 1.82) is 0 Å². The van der Waals surface area contributed by atoms with Gasteiger partial charge in [0.1, 0.15) is 0 Å². The number of benzene rings is 2. The molecule has 0 saturated heterocycles. The normalized spacial score (nSPS) is 14.2.